The molecule has 1 unspecified atom stereocenters. The van der Waals surface area contributed by atoms with Crippen LogP contribution in [0.1, 0.15) is 94.2 Å². The predicted molar refractivity (Wildman–Crippen MR) is 122 cm³/mol. The molecule has 1 atom stereocenters. The van der Waals surface area contributed by atoms with Crippen LogP contribution in [0, 0.1) is 5.92 Å². The van der Waals surface area contributed by atoms with Crippen LogP contribution < -0.4 is 14.2 Å². The lowest BCUT2D eigenvalue weighted by Gasteiger charge is -2.36. The first-order valence-corrected chi connectivity index (χ1v) is 12.4. The summed E-state index contributed by atoms with van der Waals surface area (Å²) >= 11 is 0. The Labute approximate surface area is 187 Å². The smallest absolute Gasteiger partial charge is 0.231 e. The summed E-state index contributed by atoms with van der Waals surface area (Å²) < 4.78 is 17.2. The number of Topliss-reactive ketones (excluding diaryl/α,β-unsaturated/α-hetero) is 1. The monoisotopic (exact) mass is 429 g/mol. The highest BCUT2D eigenvalue weighted by Crippen LogP contribution is 2.50. The molecule has 5 nitrogen and oxygen atoms in total. The minimum absolute atomic E-state index is 0.0436. The molecule has 0 N–H and O–H groups in total. The van der Waals surface area contributed by atoms with E-state index in [1.165, 1.54) is 63.4 Å². The maximum absolute atomic E-state index is 13.5. The van der Waals surface area contributed by atoms with Gasteiger partial charge in [-0.2, -0.15) is 0 Å². The lowest BCUT2D eigenvalue weighted by Crippen LogP contribution is -2.35. The van der Waals surface area contributed by atoms with Gasteiger partial charge in [0.1, 0.15) is 5.78 Å². The average molecular weight is 430 g/mol. The third-order valence-electron chi connectivity index (χ3n) is 7.50. The fourth-order valence-electron chi connectivity index (χ4n) is 5.63. The third kappa shape index (κ3) is 5.19. The van der Waals surface area contributed by atoms with Crippen molar-refractivity contribution in [2.24, 2.45) is 5.92 Å². The molecule has 1 fully saturated rings. The van der Waals surface area contributed by atoms with Gasteiger partial charge in [0.2, 0.25) is 12.5 Å². The number of carbonyl (C=O) groups excluding carboxylic acids is 1. The summed E-state index contributed by atoms with van der Waals surface area (Å²) in [6, 6.07) is 2.14. The van der Waals surface area contributed by atoms with Crippen LogP contribution in [0.15, 0.2) is 6.07 Å². The zero-order valence-corrected chi connectivity index (χ0v) is 19.4. The van der Waals surface area contributed by atoms with E-state index >= 15 is 0 Å². The lowest BCUT2D eigenvalue weighted by atomic mass is 9.83. The molecule has 2 heterocycles. The first-order valence-electron chi connectivity index (χ1n) is 12.4. The van der Waals surface area contributed by atoms with Crippen LogP contribution >= 0.6 is 0 Å². The summed E-state index contributed by atoms with van der Waals surface area (Å²) in [6.07, 6.45) is 15.3. The van der Waals surface area contributed by atoms with Crippen molar-refractivity contribution in [2.75, 3.05) is 27.5 Å². The van der Waals surface area contributed by atoms with Crippen molar-refractivity contribution in [1.82, 2.24) is 4.90 Å². The Morgan fingerprint density at radius 2 is 1.68 bits per heavy atom. The van der Waals surface area contributed by atoms with Crippen LogP contribution in [0.25, 0.3) is 0 Å². The number of rotatable bonds is 4. The number of hydrogen-bond donors (Lipinski definition) is 0. The van der Waals surface area contributed by atoms with Gasteiger partial charge in [-0.25, -0.2) is 0 Å². The second-order valence-electron chi connectivity index (χ2n) is 9.59. The molecule has 1 saturated carbocycles. The Morgan fingerprint density at radius 1 is 1.03 bits per heavy atom. The van der Waals surface area contributed by atoms with Crippen LogP contribution in [0.2, 0.25) is 0 Å². The Balaban J connectivity index is 1.52. The van der Waals surface area contributed by atoms with Gasteiger partial charge in [0.25, 0.3) is 0 Å². The molecule has 1 aromatic carbocycles. The molecular formula is C26H39NO4. The molecule has 1 aromatic rings. The van der Waals surface area contributed by atoms with Crippen molar-refractivity contribution in [3.8, 4) is 17.2 Å². The zero-order chi connectivity index (χ0) is 21.6. The summed E-state index contributed by atoms with van der Waals surface area (Å²) in [5, 5.41) is 0. The number of nitrogens with zero attached hydrogens (tertiary/aromatic N) is 1. The predicted octanol–water partition coefficient (Wildman–Crippen LogP) is 5.83. The quantitative estimate of drug-likeness (QED) is 0.602. The van der Waals surface area contributed by atoms with Gasteiger partial charge in [0.05, 0.1) is 7.11 Å². The molecule has 31 heavy (non-hydrogen) atoms. The van der Waals surface area contributed by atoms with Crippen molar-refractivity contribution in [3.05, 3.63) is 17.2 Å². The zero-order valence-electron chi connectivity index (χ0n) is 19.4. The topological polar surface area (TPSA) is 48.0 Å². The highest BCUT2D eigenvalue weighted by atomic mass is 16.7. The van der Waals surface area contributed by atoms with E-state index in [1.54, 1.807) is 7.11 Å². The number of fused-ring (bicyclic) bond motifs is 2. The van der Waals surface area contributed by atoms with Crippen molar-refractivity contribution >= 4 is 5.78 Å². The van der Waals surface area contributed by atoms with E-state index in [0.717, 1.165) is 42.9 Å². The summed E-state index contributed by atoms with van der Waals surface area (Å²) in [6.45, 7) is 1.18. The fourth-order valence-corrected chi connectivity index (χ4v) is 5.63. The van der Waals surface area contributed by atoms with Crippen molar-refractivity contribution < 1.29 is 19.0 Å². The number of ketones is 1. The van der Waals surface area contributed by atoms with Gasteiger partial charge in [-0.15, -0.1) is 0 Å². The van der Waals surface area contributed by atoms with Gasteiger partial charge in [0.15, 0.2) is 11.5 Å². The molecule has 0 amide bonds. The Morgan fingerprint density at radius 3 is 2.32 bits per heavy atom. The summed E-state index contributed by atoms with van der Waals surface area (Å²) in [5.41, 5.74) is 2.36. The van der Waals surface area contributed by atoms with Crippen LogP contribution in [0.4, 0.5) is 0 Å². The number of hydrogen-bond acceptors (Lipinski definition) is 5. The normalized spacial score (nSPS) is 23.5. The van der Waals surface area contributed by atoms with Gasteiger partial charge in [-0.05, 0) is 37.9 Å². The number of likely N-dealkylation sites (N-methyl/N-ethyl adjacent to an activating group) is 1. The van der Waals surface area contributed by atoms with Gasteiger partial charge in [-0.3, -0.25) is 9.69 Å². The summed E-state index contributed by atoms with van der Waals surface area (Å²) in [5.74, 6) is 2.86. The van der Waals surface area contributed by atoms with Crippen molar-refractivity contribution in [1.29, 1.82) is 0 Å². The van der Waals surface area contributed by atoms with E-state index in [4.69, 9.17) is 14.2 Å². The SMILES string of the molecule is COc1c2c(cc3c1C(CC(=O)C1CCCCCCCCCCC1)N(C)CC3)OCO2. The highest BCUT2D eigenvalue weighted by Gasteiger charge is 2.35. The van der Waals surface area contributed by atoms with Gasteiger partial charge in [-0.1, -0.05) is 57.8 Å². The van der Waals surface area contributed by atoms with Crippen LogP contribution in [0.3, 0.4) is 0 Å². The molecule has 4 rings (SSSR count). The van der Waals surface area contributed by atoms with Crippen LogP contribution in [-0.4, -0.2) is 38.2 Å². The largest absolute Gasteiger partial charge is 0.492 e. The molecule has 2 aliphatic heterocycles. The maximum Gasteiger partial charge on any atom is 0.231 e. The molecule has 0 saturated heterocycles. The molecule has 1 aliphatic carbocycles. The first-order chi connectivity index (χ1) is 15.2. The van der Waals surface area contributed by atoms with E-state index in [9.17, 15) is 4.79 Å². The van der Waals surface area contributed by atoms with E-state index in [-0.39, 0.29) is 18.8 Å². The van der Waals surface area contributed by atoms with E-state index in [0.29, 0.717) is 18.0 Å². The van der Waals surface area contributed by atoms with Gasteiger partial charge < -0.3 is 14.2 Å². The van der Waals surface area contributed by atoms with E-state index in [1.807, 2.05) is 0 Å². The van der Waals surface area contributed by atoms with Crippen molar-refractivity contribution in [2.45, 2.75) is 89.5 Å². The summed E-state index contributed by atoms with van der Waals surface area (Å²) in [7, 11) is 3.82. The number of carbonyl (C=O) groups is 1. The first kappa shape index (κ1) is 22.4. The standard InChI is InChI=1S/C26H39NO4/c1-27-15-14-20-16-23-25(31-18-30-23)26(29-2)24(20)21(27)17-22(28)19-12-10-8-6-4-3-5-7-9-11-13-19/h16,19,21H,3-15,17-18H2,1-2H3. The lowest BCUT2D eigenvalue weighted by molar-refractivity contribution is -0.124. The number of ether oxygens (including phenoxy) is 3. The number of methoxy groups -OCH3 is 1. The highest BCUT2D eigenvalue weighted by molar-refractivity contribution is 5.82. The van der Waals surface area contributed by atoms with Crippen LogP contribution in [-0.2, 0) is 11.2 Å². The molecule has 0 aromatic heterocycles. The number of benzene rings is 1. The minimum Gasteiger partial charge on any atom is -0.492 e. The second kappa shape index (κ2) is 10.7. The molecule has 0 spiro atoms. The second-order valence-corrected chi connectivity index (χ2v) is 9.59. The van der Waals surface area contributed by atoms with Crippen LogP contribution in [0.5, 0.6) is 17.2 Å². The van der Waals surface area contributed by atoms with E-state index in [2.05, 4.69) is 18.0 Å². The third-order valence-corrected chi connectivity index (χ3v) is 7.50. The molecule has 5 heteroatoms. The van der Waals surface area contributed by atoms with E-state index < -0.39 is 0 Å². The Kier molecular flexibility index (Phi) is 7.76. The van der Waals surface area contributed by atoms with Gasteiger partial charge in [0, 0.05) is 30.5 Å². The maximum atomic E-state index is 13.5. The van der Waals surface area contributed by atoms with Gasteiger partial charge >= 0.3 is 0 Å². The average Bonchev–Trinajstić information content (AvgIpc) is 3.23. The van der Waals surface area contributed by atoms with Crippen molar-refractivity contribution in [3.63, 3.8) is 0 Å². The molecule has 3 aliphatic rings. The molecule has 0 radical (unpaired) electrons. The Bertz CT molecular complexity index is 750. The molecule has 0 bridgehead atoms. The minimum atomic E-state index is 0.0436. The molecular weight excluding hydrogens is 390 g/mol. The molecule has 172 valence electrons. The Hall–Kier alpha value is -1.75. The fraction of sp³-hybridized carbons (Fsp3) is 0.731. The summed E-state index contributed by atoms with van der Waals surface area (Å²) in [4.78, 5) is 15.9.